The second-order valence-electron chi connectivity index (χ2n) is 6.88. The molecule has 2 aromatic carbocycles. The number of methoxy groups -OCH3 is 1. The predicted octanol–water partition coefficient (Wildman–Crippen LogP) is 3.28. The number of carbonyl (C=O) groups is 1. The van der Waals surface area contributed by atoms with E-state index in [0.29, 0.717) is 27.1 Å². The number of benzene rings is 2. The van der Waals surface area contributed by atoms with Crippen molar-refractivity contribution in [1.29, 1.82) is 0 Å². The van der Waals surface area contributed by atoms with Crippen molar-refractivity contribution >= 4 is 40.6 Å². The van der Waals surface area contributed by atoms with Crippen LogP contribution in [0.5, 0.6) is 11.5 Å². The summed E-state index contributed by atoms with van der Waals surface area (Å²) in [5.74, 6) is 1.22. The fourth-order valence-electron chi connectivity index (χ4n) is 2.93. The second-order valence-corrected chi connectivity index (χ2v) is 9.03. The van der Waals surface area contributed by atoms with Crippen LogP contribution in [0.2, 0.25) is 0 Å². The van der Waals surface area contributed by atoms with Crippen molar-refractivity contribution in [2.45, 2.75) is 13.5 Å². The first-order valence-corrected chi connectivity index (χ1v) is 11.4. The number of aromatic amines is 1. The van der Waals surface area contributed by atoms with Gasteiger partial charge in [0.05, 0.1) is 27.0 Å². The molecule has 4 aromatic rings. The van der Waals surface area contributed by atoms with Crippen LogP contribution in [0.15, 0.2) is 58.7 Å². The van der Waals surface area contributed by atoms with E-state index in [0.717, 1.165) is 22.0 Å². The summed E-state index contributed by atoms with van der Waals surface area (Å²) in [5.41, 5.74) is 2.06. The Morgan fingerprint density at radius 3 is 2.47 bits per heavy atom. The van der Waals surface area contributed by atoms with Crippen LogP contribution in [0.1, 0.15) is 26.6 Å². The average Bonchev–Trinajstić information content (AvgIpc) is 3.37. The molecular formula is C24H20N2O4S2. The Balaban J connectivity index is 1.48. The van der Waals surface area contributed by atoms with Crippen LogP contribution < -0.4 is 24.2 Å². The maximum absolute atomic E-state index is 12.5. The zero-order valence-electron chi connectivity index (χ0n) is 17.5. The highest BCUT2D eigenvalue weighted by atomic mass is 32.1. The van der Waals surface area contributed by atoms with Crippen molar-refractivity contribution in [3.63, 3.8) is 0 Å². The van der Waals surface area contributed by atoms with E-state index in [1.165, 1.54) is 17.4 Å². The number of carbonyl (C=O) groups excluding carboxylic acids is 1. The van der Waals surface area contributed by atoms with E-state index >= 15 is 0 Å². The highest BCUT2D eigenvalue weighted by Crippen LogP contribution is 2.16. The Labute approximate surface area is 192 Å². The summed E-state index contributed by atoms with van der Waals surface area (Å²) in [4.78, 5) is 31.9. The smallest absolute Gasteiger partial charge is 0.266 e. The molecule has 0 bridgehead atoms. The molecule has 0 amide bonds. The third-order valence-electron chi connectivity index (χ3n) is 4.55. The standard InChI is InChI=1S/C24H20N2O4S2/c1-15-25-18(14-31-15)13-30-20-7-3-16(4-8-20)11-22-24(28)26-23(32-22)12-21(27)17-5-9-19(29-2)10-6-17/h3-12,14H,13H2,1-2H3,(H,26,28)/b22-11-,23-12-. The molecule has 0 aliphatic carbocycles. The lowest BCUT2D eigenvalue weighted by Gasteiger charge is -2.04. The van der Waals surface area contributed by atoms with Gasteiger partial charge in [0.15, 0.2) is 5.78 Å². The molecule has 0 atom stereocenters. The molecule has 8 heteroatoms. The van der Waals surface area contributed by atoms with E-state index < -0.39 is 0 Å². The number of ketones is 1. The van der Waals surface area contributed by atoms with Crippen LogP contribution >= 0.6 is 22.7 Å². The highest BCUT2D eigenvalue weighted by Gasteiger charge is 2.04. The number of hydrogen-bond donors (Lipinski definition) is 1. The molecule has 1 N–H and O–H groups in total. The average molecular weight is 465 g/mol. The first-order chi connectivity index (χ1) is 15.5. The van der Waals surface area contributed by atoms with Crippen LogP contribution in [0.4, 0.5) is 0 Å². The maximum atomic E-state index is 12.5. The monoisotopic (exact) mass is 464 g/mol. The SMILES string of the molecule is COc1ccc(C(=O)/C=c2/[nH]c(=O)/c(=C/c3ccc(OCc4csc(C)n4)cc3)s2)cc1. The van der Waals surface area contributed by atoms with Gasteiger partial charge in [-0.05, 0) is 55.0 Å². The topological polar surface area (TPSA) is 81.3 Å². The van der Waals surface area contributed by atoms with E-state index in [1.54, 1.807) is 48.8 Å². The summed E-state index contributed by atoms with van der Waals surface area (Å²) in [7, 11) is 1.57. The third kappa shape index (κ3) is 5.40. The van der Waals surface area contributed by atoms with Gasteiger partial charge in [0.25, 0.3) is 5.56 Å². The fraction of sp³-hybridized carbons (Fsp3) is 0.125. The Morgan fingerprint density at radius 1 is 1.09 bits per heavy atom. The van der Waals surface area contributed by atoms with Gasteiger partial charge in [0.1, 0.15) is 18.1 Å². The number of nitrogens with zero attached hydrogens (tertiary/aromatic N) is 1. The Bertz CT molecular complexity index is 1400. The molecule has 0 radical (unpaired) electrons. The molecule has 2 heterocycles. The van der Waals surface area contributed by atoms with Gasteiger partial charge in [0, 0.05) is 17.0 Å². The highest BCUT2D eigenvalue weighted by molar-refractivity contribution is 7.09. The molecule has 0 aliphatic rings. The van der Waals surface area contributed by atoms with E-state index in [-0.39, 0.29) is 11.3 Å². The Hall–Kier alpha value is -3.49. The predicted molar refractivity (Wildman–Crippen MR) is 127 cm³/mol. The van der Waals surface area contributed by atoms with E-state index in [9.17, 15) is 9.59 Å². The molecule has 0 fully saturated rings. The van der Waals surface area contributed by atoms with Gasteiger partial charge in [-0.3, -0.25) is 9.59 Å². The summed E-state index contributed by atoms with van der Waals surface area (Å²) in [6, 6.07) is 14.3. The first kappa shape index (κ1) is 21.7. The zero-order chi connectivity index (χ0) is 22.5. The van der Waals surface area contributed by atoms with Crippen LogP contribution in [-0.4, -0.2) is 22.9 Å². The molecule has 0 spiro atoms. The molecule has 0 saturated heterocycles. The molecular weight excluding hydrogens is 444 g/mol. The number of thiazole rings is 2. The minimum absolute atomic E-state index is 0.187. The molecule has 162 valence electrons. The lowest BCUT2D eigenvalue weighted by atomic mass is 10.1. The summed E-state index contributed by atoms with van der Waals surface area (Å²) in [5, 5.41) is 2.99. The number of hydrogen-bond acceptors (Lipinski definition) is 7. The lowest BCUT2D eigenvalue weighted by molar-refractivity contribution is 0.106. The molecule has 4 rings (SSSR count). The van der Waals surface area contributed by atoms with E-state index in [1.807, 2.05) is 36.6 Å². The normalized spacial score (nSPS) is 12.2. The molecule has 2 aromatic heterocycles. The molecule has 32 heavy (non-hydrogen) atoms. The minimum atomic E-state index is -0.233. The molecule has 6 nitrogen and oxygen atoms in total. The van der Waals surface area contributed by atoms with Crippen molar-refractivity contribution in [2.24, 2.45) is 0 Å². The zero-order valence-corrected chi connectivity index (χ0v) is 19.1. The van der Waals surface area contributed by atoms with E-state index in [2.05, 4.69) is 9.97 Å². The summed E-state index contributed by atoms with van der Waals surface area (Å²) < 4.78 is 11.9. The summed E-state index contributed by atoms with van der Waals surface area (Å²) in [6.45, 7) is 2.38. The summed E-state index contributed by atoms with van der Waals surface area (Å²) in [6.07, 6.45) is 3.22. The number of rotatable bonds is 7. The van der Waals surface area contributed by atoms with Crippen LogP contribution in [-0.2, 0) is 6.61 Å². The largest absolute Gasteiger partial charge is 0.497 e. The van der Waals surface area contributed by atoms with Gasteiger partial charge in [-0.1, -0.05) is 12.1 Å². The third-order valence-corrected chi connectivity index (χ3v) is 6.33. The number of aromatic nitrogens is 2. The lowest BCUT2D eigenvalue weighted by Crippen LogP contribution is -2.20. The first-order valence-electron chi connectivity index (χ1n) is 9.75. The van der Waals surface area contributed by atoms with Gasteiger partial charge < -0.3 is 14.5 Å². The Kier molecular flexibility index (Phi) is 6.63. The molecule has 0 saturated carbocycles. The maximum Gasteiger partial charge on any atom is 0.266 e. The minimum Gasteiger partial charge on any atom is -0.497 e. The number of H-pyrrole nitrogens is 1. The summed E-state index contributed by atoms with van der Waals surface area (Å²) >= 11 is 2.83. The van der Waals surface area contributed by atoms with Gasteiger partial charge in [-0.15, -0.1) is 22.7 Å². The fourth-order valence-corrected chi connectivity index (χ4v) is 4.41. The van der Waals surface area contributed by atoms with Crippen molar-refractivity contribution in [2.75, 3.05) is 7.11 Å². The van der Waals surface area contributed by atoms with Gasteiger partial charge in [-0.25, -0.2) is 4.98 Å². The van der Waals surface area contributed by atoms with Gasteiger partial charge in [0.2, 0.25) is 0 Å². The van der Waals surface area contributed by atoms with Crippen LogP contribution in [0, 0.1) is 6.92 Å². The van der Waals surface area contributed by atoms with Crippen LogP contribution in [0.3, 0.4) is 0 Å². The van der Waals surface area contributed by atoms with Crippen LogP contribution in [0.25, 0.3) is 12.2 Å². The van der Waals surface area contributed by atoms with Crippen molar-refractivity contribution in [3.05, 3.63) is 95.3 Å². The van der Waals surface area contributed by atoms with Gasteiger partial charge >= 0.3 is 0 Å². The molecule has 0 aliphatic heterocycles. The molecule has 0 unspecified atom stereocenters. The van der Waals surface area contributed by atoms with E-state index in [4.69, 9.17) is 9.47 Å². The quantitative estimate of drug-likeness (QED) is 0.425. The van der Waals surface area contributed by atoms with Crippen molar-refractivity contribution < 1.29 is 14.3 Å². The second kappa shape index (κ2) is 9.76. The number of ether oxygens (including phenoxy) is 2. The van der Waals surface area contributed by atoms with Crippen molar-refractivity contribution in [3.8, 4) is 11.5 Å². The Morgan fingerprint density at radius 2 is 1.81 bits per heavy atom. The van der Waals surface area contributed by atoms with Gasteiger partial charge in [-0.2, -0.15) is 0 Å². The van der Waals surface area contributed by atoms with Crippen molar-refractivity contribution in [1.82, 2.24) is 9.97 Å². The number of nitrogens with one attached hydrogen (secondary N) is 1. The number of aryl methyl sites for hydroxylation is 1. The number of Topliss-reactive ketones (excluding diaryl/α,β-unsaturated/α-hetero) is 1.